The number of nitrogens with zero attached hydrogens (tertiary/aromatic N) is 5. The van der Waals surface area contributed by atoms with E-state index in [4.69, 9.17) is 21.1 Å². The van der Waals surface area contributed by atoms with E-state index in [1.54, 1.807) is 33.9 Å². The number of hydrogen-bond acceptors (Lipinski definition) is 8. The van der Waals surface area contributed by atoms with Gasteiger partial charge in [0, 0.05) is 37.1 Å². The standard InChI is InChI=1S/C35H43ClFN5O5/c1-22-5-11-28(43)20-32(44)47-34(23(2)6-12-31(22)46-35(45)41-15-13-40(4)14-16-41)24(3)17-26-18-29(37)33-30(19-26)42(39-38-33)21-25-7-9-27(36)10-8-25/h6-10,12,17-19,22-23,28,31,34,43H,5,11,13-16,20-21H2,1-4H3/b12-6-,24-17+/t22-,23-,28+,31-,34-/m0/s1. The first-order valence-electron chi connectivity index (χ1n) is 16.1. The average molecular weight is 668 g/mol. The Balaban J connectivity index is 1.40. The zero-order chi connectivity index (χ0) is 33.7. The molecule has 1 N–H and O–H groups in total. The maximum Gasteiger partial charge on any atom is 0.410 e. The van der Waals surface area contributed by atoms with E-state index in [1.807, 2.05) is 52.1 Å². The lowest BCUT2D eigenvalue weighted by Gasteiger charge is -2.33. The Labute approximate surface area is 279 Å². The summed E-state index contributed by atoms with van der Waals surface area (Å²) in [6.45, 7) is 8.85. The van der Waals surface area contributed by atoms with Crippen LogP contribution < -0.4 is 0 Å². The first kappa shape index (κ1) is 34.5. The number of likely N-dealkylation sites (N-methyl/N-ethyl adjacent to an activating group) is 1. The number of amides is 1. The van der Waals surface area contributed by atoms with Crippen LogP contribution in [0.4, 0.5) is 9.18 Å². The third-order valence-corrected chi connectivity index (χ3v) is 9.19. The summed E-state index contributed by atoms with van der Waals surface area (Å²) in [5, 5.41) is 19.5. The van der Waals surface area contributed by atoms with Gasteiger partial charge in [-0.2, -0.15) is 0 Å². The van der Waals surface area contributed by atoms with E-state index in [-0.39, 0.29) is 29.9 Å². The number of ether oxygens (including phenoxy) is 2. The Hall–Kier alpha value is -3.80. The molecule has 2 aliphatic heterocycles. The highest BCUT2D eigenvalue weighted by Crippen LogP contribution is 2.27. The Morgan fingerprint density at radius 3 is 2.57 bits per heavy atom. The monoisotopic (exact) mass is 667 g/mol. The summed E-state index contributed by atoms with van der Waals surface area (Å²) < 4.78 is 28.8. The van der Waals surface area contributed by atoms with Crippen molar-refractivity contribution in [1.29, 1.82) is 0 Å². The molecule has 0 spiro atoms. The molecule has 1 fully saturated rings. The molecular weight excluding hydrogens is 625 g/mol. The van der Waals surface area contributed by atoms with Gasteiger partial charge in [-0.25, -0.2) is 13.9 Å². The van der Waals surface area contributed by atoms with Gasteiger partial charge in [0.25, 0.3) is 0 Å². The van der Waals surface area contributed by atoms with Gasteiger partial charge in [0.2, 0.25) is 0 Å². The molecule has 2 aliphatic rings. The molecule has 1 saturated heterocycles. The van der Waals surface area contributed by atoms with Crippen LogP contribution in [0, 0.1) is 17.7 Å². The number of carbonyl (C=O) groups is 2. The molecule has 0 unspecified atom stereocenters. The molecule has 12 heteroatoms. The van der Waals surface area contributed by atoms with Crippen LogP contribution in [0.25, 0.3) is 17.1 Å². The third-order valence-electron chi connectivity index (χ3n) is 8.94. The fourth-order valence-electron chi connectivity index (χ4n) is 5.98. The topological polar surface area (TPSA) is 110 Å². The number of hydrogen-bond donors (Lipinski definition) is 1. The molecule has 1 aromatic heterocycles. The van der Waals surface area contributed by atoms with Gasteiger partial charge in [0.1, 0.15) is 17.7 Å². The van der Waals surface area contributed by atoms with Crippen molar-refractivity contribution >= 4 is 40.8 Å². The highest BCUT2D eigenvalue weighted by molar-refractivity contribution is 6.30. The lowest BCUT2D eigenvalue weighted by atomic mass is 9.91. The fraction of sp³-hybridized carbons (Fsp3) is 0.486. The number of fused-ring (bicyclic) bond motifs is 1. The van der Waals surface area contributed by atoms with Gasteiger partial charge in [-0.1, -0.05) is 54.9 Å². The first-order chi connectivity index (χ1) is 22.5. The maximum atomic E-state index is 15.2. The molecule has 5 atom stereocenters. The number of halogens is 2. The first-order valence-corrected chi connectivity index (χ1v) is 16.5. The van der Waals surface area contributed by atoms with Gasteiger partial charge in [-0.3, -0.25) is 4.79 Å². The predicted molar refractivity (Wildman–Crippen MR) is 178 cm³/mol. The van der Waals surface area contributed by atoms with E-state index in [1.165, 1.54) is 6.07 Å². The van der Waals surface area contributed by atoms with Crippen LogP contribution in [0.3, 0.4) is 0 Å². The normalized spacial score (nSPS) is 25.9. The number of esters is 1. The van der Waals surface area contributed by atoms with Crippen molar-refractivity contribution in [2.45, 2.75) is 64.9 Å². The zero-order valence-corrected chi connectivity index (χ0v) is 28.1. The van der Waals surface area contributed by atoms with E-state index in [0.29, 0.717) is 54.2 Å². The Bertz CT molecular complexity index is 1620. The quantitative estimate of drug-likeness (QED) is 0.272. The van der Waals surface area contributed by atoms with Gasteiger partial charge in [0.05, 0.1) is 24.6 Å². The lowest BCUT2D eigenvalue weighted by molar-refractivity contribution is -0.151. The highest BCUT2D eigenvalue weighted by Gasteiger charge is 2.29. The minimum Gasteiger partial charge on any atom is -0.457 e. The Kier molecular flexibility index (Phi) is 11.3. The van der Waals surface area contributed by atoms with E-state index in [9.17, 15) is 14.7 Å². The minimum atomic E-state index is -0.896. The molecule has 2 aromatic carbocycles. The summed E-state index contributed by atoms with van der Waals surface area (Å²) >= 11 is 6.03. The zero-order valence-electron chi connectivity index (χ0n) is 27.3. The number of aromatic nitrogens is 3. The smallest absolute Gasteiger partial charge is 0.410 e. The molecule has 47 heavy (non-hydrogen) atoms. The van der Waals surface area contributed by atoms with Crippen molar-refractivity contribution in [3.8, 4) is 0 Å². The molecule has 0 saturated carbocycles. The SMILES string of the molecule is C/C(=C\c1cc(F)c2nnn(Cc3ccc(Cl)cc3)c2c1)[C@H]1OC(=O)C[C@H](O)CC[C@H](C)[C@@H](OC(=O)N2CCN(C)CC2)/C=C\[C@@H]1C. The van der Waals surface area contributed by atoms with E-state index in [0.717, 1.165) is 18.7 Å². The van der Waals surface area contributed by atoms with Crippen molar-refractivity contribution in [2.75, 3.05) is 33.2 Å². The molecule has 1 amide bonds. The number of piperazine rings is 1. The van der Waals surface area contributed by atoms with Gasteiger partial charge in [-0.15, -0.1) is 5.10 Å². The predicted octanol–water partition coefficient (Wildman–Crippen LogP) is 5.71. The number of aliphatic hydroxyl groups is 1. The molecule has 10 nitrogen and oxygen atoms in total. The maximum absolute atomic E-state index is 15.2. The second-order valence-corrected chi connectivity index (χ2v) is 13.3. The van der Waals surface area contributed by atoms with Gasteiger partial charge < -0.3 is 24.4 Å². The summed E-state index contributed by atoms with van der Waals surface area (Å²) in [7, 11) is 2.02. The number of aliphatic hydroxyl groups excluding tert-OH is 1. The molecule has 5 rings (SSSR count). The van der Waals surface area contributed by atoms with Crippen molar-refractivity contribution in [1.82, 2.24) is 24.8 Å². The van der Waals surface area contributed by atoms with E-state index >= 15 is 4.39 Å². The minimum absolute atomic E-state index is 0.0870. The van der Waals surface area contributed by atoms with Crippen LogP contribution in [0.2, 0.25) is 5.02 Å². The van der Waals surface area contributed by atoms with Gasteiger partial charge in [0.15, 0.2) is 5.82 Å². The number of rotatable bonds is 5. The van der Waals surface area contributed by atoms with Crippen molar-refractivity contribution in [2.24, 2.45) is 11.8 Å². The lowest BCUT2D eigenvalue weighted by Crippen LogP contribution is -2.48. The van der Waals surface area contributed by atoms with Crippen LogP contribution in [-0.4, -0.2) is 93.5 Å². The number of cyclic esters (lactones) is 1. The van der Waals surface area contributed by atoms with Crippen molar-refractivity contribution < 1.29 is 28.6 Å². The van der Waals surface area contributed by atoms with Crippen molar-refractivity contribution in [3.05, 3.63) is 76.1 Å². The molecular formula is C35H43ClFN5O5. The second kappa shape index (κ2) is 15.4. The number of carbonyl (C=O) groups excluding carboxylic acids is 2. The fourth-order valence-corrected chi connectivity index (χ4v) is 6.11. The van der Waals surface area contributed by atoms with Crippen LogP contribution in [-0.2, 0) is 20.8 Å². The summed E-state index contributed by atoms with van der Waals surface area (Å²) in [6, 6.07) is 10.5. The Morgan fingerprint density at radius 1 is 1.13 bits per heavy atom. The Morgan fingerprint density at radius 2 is 1.85 bits per heavy atom. The van der Waals surface area contributed by atoms with Gasteiger partial charge in [-0.05, 0) is 79.8 Å². The molecule has 0 radical (unpaired) electrons. The summed E-state index contributed by atoms with van der Waals surface area (Å²) in [5.74, 6) is -1.45. The van der Waals surface area contributed by atoms with Crippen LogP contribution >= 0.6 is 11.6 Å². The summed E-state index contributed by atoms with van der Waals surface area (Å²) in [5.41, 5.74) is 2.84. The molecule has 0 aliphatic carbocycles. The second-order valence-electron chi connectivity index (χ2n) is 12.8. The van der Waals surface area contributed by atoms with Crippen LogP contribution in [0.15, 0.2) is 54.1 Å². The highest BCUT2D eigenvalue weighted by atomic mass is 35.5. The van der Waals surface area contributed by atoms with E-state index < -0.39 is 30.1 Å². The average Bonchev–Trinajstić information content (AvgIpc) is 3.44. The summed E-state index contributed by atoms with van der Waals surface area (Å²) in [6.07, 6.45) is 3.81. The molecule has 3 heterocycles. The molecule has 0 bridgehead atoms. The summed E-state index contributed by atoms with van der Waals surface area (Å²) in [4.78, 5) is 29.9. The van der Waals surface area contributed by atoms with E-state index in [2.05, 4.69) is 15.2 Å². The number of benzene rings is 2. The van der Waals surface area contributed by atoms with Crippen LogP contribution in [0.5, 0.6) is 0 Å². The third kappa shape index (κ3) is 8.97. The largest absolute Gasteiger partial charge is 0.457 e. The molecule has 3 aromatic rings. The van der Waals surface area contributed by atoms with Crippen molar-refractivity contribution in [3.63, 3.8) is 0 Å². The molecule has 252 valence electrons. The van der Waals surface area contributed by atoms with Crippen LogP contribution in [0.1, 0.15) is 51.2 Å². The van der Waals surface area contributed by atoms with Gasteiger partial charge >= 0.3 is 12.1 Å².